The Bertz CT molecular complexity index is 288. The fourth-order valence-electron chi connectivity index (χ4n) is 2.35. The Balaban J connectivity index is 2.74. The van der Waals surface area contributed by atoms with E-state index in [-0.39, 0.29) is 19.1 Å². The zero-order chi connectivity index (χ0) is 12.9. The quantitative estimate of drug-likeness (QED) is 0.786. The van der Waals surface area contributed by atoms with Crippen molar-refractivity contribution < 1.29 is 19.4 Å². The summed E-state index contributed by atoms with van der Waals surface area (Å²) in [5, 5.41) is 9.33. The number of carboxylic acids is 1. The molecule has 0 aliphatic carbocycles. The largest absolute Gasteiger partial charge is 0.481 e. The van der Waals surface area contributed by atoms with Gasteiger partial charge in [0.15, 0.2) is 0 Å². The number of hydrogen-bond donors (Lipinski definition) is 1. The van der Waals surface area contributed by atoms with Crippen LogP contribution in [0.3, 0.4) is 0 Å². The standard InChI is InChI=1S/C12H21NO4/c1-3-5-10(14)13-7-4-6-12(8-13,9-17-2)11(15)16/h3-9H2,1-2H3,(H,15,16). The van der Waals surface area contributed by atoms with E-state index in [2.05, 4.69) is 0 Å². The normalized spacial score (nSPS) is 24.7. The second-order valence-electron chi connectivity index (χ2n) is 4.69. The number of piperidine rings is 1. The smallest absolute Gasteiger partial charge is 0.313 e. The molecular weight excluding hydrogens is 222 g/mol. The van der Waals surface area contributed by atoms with Crippen molar-refractivity contribution >= 4 is 11.9 Å². The summed E-state index contributed by atoms with van der Waals surface area (Å²) in [6.07, 6.45) is 2.58. The molecule has 98 valence electrons. The van der Waals surface area contributed by atoms with E-state index < -0.39 is 11.4 Å². The Kier molecular flexibility index (Phi) is 4.93. The lowest BCUT2D eigenvalue weighted by Crippen LogP contribution is -2.52. The highest BCUT2D eigenvalue weighted by atomic mass is 16.5. The van der Waals surface area contributed by atoms with Crippen LogP contribution in [0.5, 0.6) is 0 Å². The maximum Gasteiger partial charge on any atom is 0.313 e. The third-order valence-corrected chi connectivity index (χ3v) is 3.27. The molecule has 17 heavy (non-hydrogen) atoms. The number of aliphatic carboxylic acids is 1. The molecule has 1 aliphatic heterocycles. The van der Waals surface area contributed by atoms with E-state index in [9.17, 15) is 14.7 Å². The van der Waals surface area contributed by atoms with Crippen LogP contribution in [-0.2, 0) is 14.3 Å². The van der Waals surface area contributed by atoms with Gasteiger partial charge in [0.25, 0.3) is 0 Å². The Morgan fingerprint density at radius 2 is 2.18 bits per heavy atom. The third-order valence-electron chi connectivity index (χ3n) is 3.27. The fourth-order valence-corrected chi connectivity index (χ4v) is 2.35. The van der Waals surface area contributed by atoms with Gasteiger partial charge in [-0.15, -0.1) is 0 Å². The molecule has 1 fully saturated rings. The molecule has 0 spiro atoms. The summed E-state index contributed by atoms with van der Waals surface area (Å²) in [6, 6.07) is 0. The first kappa shape index (κ1) is 14.0. The summed E-state index contributed by atoms with van der Waals surface area (Å²) < 4.78 is 5.02. The predicted octanol–water partition coefficient (Wildman–Crippen LogP) is 1.13. The van der Waals surface area contributed by atoms with E-state index in [0.717, 1.165) is 12.8 Å². The van der Waals surface area contributed by atoms with Crippen molar-refractivity contribution in [3.8, 4) is 0 Å². The molecule has 1 atom stereocenters. The summed E-state index contributed by atoms with van der Waals surface area (Å²) in [6.45, 7) is 3.05. The highest BCUT2D eigenvalue weighted by Crippen LogP contribution is 2.31. The van der Waals surface area contributed by atoms with Crippen molar-refractivity contribution in [3.63, 3.8) is 0 Å². The average molecular weight is 243 g/mol. The molecule has 1 unspecified atom stereocenters. The summed E-state index contributed by atoms with van der Waals surface area (Å²) in [7, 11) is 1.50. The molecule has 1 amide bonds. The molecule has 1 N–H and O–H groups in total. The predicted molar refractivity (Wildman–Crippen MR) is 62.7 cm³/mol. The number of hydrogen-bond acceptors (Lipinski definition) is 3. The van der Waals surface area contributed by atoms with Crippen LogP contribution in [0.4, 0.5) is 0 Å². The van der Waals surface area contributed by atoms with Gasteiger partial charge in [0, 0.05) is 26.6 Å². The topological polar surface area (TPSA) is 66.8 Å². The molecule has 0 aromatic heterocycles. The van der Waals surface area contributed by atoms with Crippen molar-refractivity contribution in [1.29, 1.82) is 0 Å². The van der Waals surface area contributed by atoms with Crippen molar-refractivity contribution in [3.05, 3.63) is 0 Å². The van der Waals surface area contributed by atoms with Gasteiger partial charge in [-0.1, -0.05) is 6.92 Å². The number of methoxy groups -OCH3 is 1. The van der Waals surface area contributed by atoms with E-state index in [1.807, 2.05) is 6.92 Å². The van der Waals surface area contributed by atoms with Crippen LogP contribution in [-0.4, -0.2) is 48.7 Å². The minimum atomic E-state index is -0.920. The van der Waals surface area contributed by atoms with Gasteiger partial charge in [-0.25, -0.2) is 0 Å². The van der Waals surface area contributed by atoms with Crippen molar-refractivity contribution in [2.24, 2.45) is 5.41 Å². The highest BCUT2D eigenvalue weighted by Gasteiger charge is 2.43. The number of likely N-dealkylation sites (tertiary alicyclic amines) is 1. The third kappa shape index (κ3) is 3.19. The molecule has 0 bridgehead atoms. The molecule has 5 heteroatoms. The number of amides is 1. The Hall–Kier alpha value is -1.10. The second kappa shape index (κ2) is 6.00. The van der Waals surface area contributed by atoms with E-state index in [4.69, 9.17) is 4.74 Å². The van der Waals surface area contributed by atoms with Gasteiger partial charge in [-0.2, -0.15) is 0 Å². The monoisotopic (exact) mass is 243 g/mol. The van der Waals surface area contributed by atoms with E-state index in [1.165, 1.54) is 7.11 Å². The molecule has 0 aromatic carbocycles. The van der Waals surface area contributed by atoms with Gasteiger partial charge in [-0.05, 0) is 19.3 Å². The number of rotatable bonds is 5. The van der Waals surface area contributed by atoms with Crippen LogP contribution in [0.2, 0.25) is 0 Å². The first-order chi connectivity index (χ1) is 8.05. The highest BCUT2D eigenvalue weighted by molar-refractivity contribution is 5.79. The Morgan fingerprint density at radius 1 is 1.47 bits per heavy atom. The molecule has 0 radical (unpaired) electrons. The second-order valence-corrected chi connectivity index (χ2v) is 4.69. The molecule has 1 saturated heterocycles. The maximum absolute atomic E-state index is 11.8. The molecular formula is C12H21NO4. The summed E-state index contributed by atoms with van der Waals surface area (Å²) in [5.41, 5.74) is -0.920. The zero-order valence-electron chi connectivity index (χ0n) is 10.6. The molecule has 0 saturated carbocycles. The summed E-state index contributed by atoms with van der Waals surface area (Å²) in [5.74, 6) is -0.817. The SMILES string of the molecule is CCCC(=O)N1CCCC(COC)(C(=O)O)C1. The summed E-state index contributed by atoms with van der Waals surface area (Å²) in [4.78, 5) is 24.8. The number of carbonyl (C=O) groups is 2. The molecule has 1 heterocycles. The van der Waals surface area contributed by atoms with Gasteiger partial charge in [0.1, 0.15) is 5.41 Å². The molecule has 1 rings (SSSR count). The van der Waals surface area contributed by atoms with E-state index in [1.54, 1.807) is 4.90 Å². The first-order valence-electron chi connectivity index (χ1n) is 6.06. The van der Waals surface area contributed by atoms with Crippen molar-refractivity contribution in [2.75, 3.05) is 26.8 Å². The Labute approximate surface area is 102 Å². The lowest BCUT2D eigenvalue weighted by atomic mass is 9.80. The van der Waals surface area contributed by atoms with Gasteiger partial charge >= 0.3 is 5.97 Å². The van der Waals surface area contributed by atoms with E-state index >= 15 is 0 Å². The minimum absolute atomic E-state index is 0.0499. The number of nitrogens with zero attached hydrogens (tertiary/aromatic N) is 1. The zero-order valence-corrected chi connectivity index (χ0v) is 10.6. The van der Waals surface area contributed by atoms with Crippen molar-refractivity contribution in [1.82, 2.24) is 4.90 Å². The lowest BCUT2D eigenvalue weighted by molar-refractivity contribution is -0.159. The number of carbonyl (C=O) groups excluding carboxylic acids is 1. The van der Waals surface area contributed by atoms with Gasteiger partial charge in [-0.3, -0.25) is 9.59 Å². The average Bonchev–Trinajstić information content (AvgIpc) is 2.30. The van der Waals surface area contributed by atoms with Crippen LogP contribution in [0.25, 0.3) is 0 Å². The van der Waals surface area contributed by atoms with Crippen LogP contribution in [0.15, 0.2) is 0 Å². The van der Waals surface area contributed by atoms with Gasteiger partial charge in [0.2, 0.25) is 5.91 Å². The van der Waals surface area contributed by atoms with Crippen LogP contribution in [0.1, 0.15) is 32.6 Å². The first-order valence-corrected chi connectivity index (χ1v) is 6.06. The lowest BCUT2D eigenvalue weighted by Gasteiger charge is -2.39. The molecule has 1 aliphatic rings. The van der Waals surface area contributed by atoms with Crippen LogP contribution in [0, 0.1) is 5.41 Å². The fraction of sp³-hybridized carbons (Fsp3) is 0.833. The maximum atomic E-state index is 11.8. The molecule has 5 nitrogen and oxygen atoms in total. The molecule has 0 aromatic rings. The Morgan fingerprint density at radius 3 is 2.71 bits per heavy atom. The van der Waals surface area contributed by atoms with Crippen LogP contribution < -0.4 is 0 Å². The van der Waals surface area contributed by atoms with E-state index in [0.29, 0.717) is 19.4 Å². The summed E-state index contributed by atoms with van der Waals surface area (Å²) >= 11 is 0. The van der Waals surface area contributed by atoms with Crippen LogP contribution >= 0.6 is 0 Å². The van der Waals surface area contributed by atoms with Gasteiger partial charge in [0.05, 0.1) is 6.61 Å². The van der Waals surface area contributed by atoms with Crippen molar-refractivity contribution in [2.45, 2.75) is 32.6 Å². The number of carboxylic acid groups (broad SMARTS) is 1. The number of ether oxygens (including phenoxy) is 1. The minimum Gasteiger partial charge on any atom is -0.481 e. The van der Waals surface area contributed by atoms with Gasteiger partial charge < -0.3 is 14.7 Å².